The monoisotopic (exact) mass is 221 g/mol. The minimum absolute atomic E-state index is 0.129. The summed E-state index contributed by atoms with van der Waals surface area (Å²) in [6, 6.07) is -0.563. The van der Waals surface area contributed by atoms with Gasteiger partial charge in [0.1, 0.15) is 5.84 Å². The molecule has 0 amide bonds. The maximum atomic E-state index is 11.5. The predicted molar refractivity (Wildman–Crippen MR) is 57.8 cm³/mol. The second kappa shape index (κ2) is 5.31. The van der Waals surface area contributed by atoms with Crippen molar-refractivity contribution in [1.82, 2.24) is 4.72 Å². The fourth-order valence-electron chi connectivity index (χ4n) is 0.901. The van der Waals surface area contributed by atoms with Gasteiger partial charge in [-0.15, -0.1) is 0 Å². The Labute approximate surface area is 85.6 Å². The number of hydrogen-bond acceptors (Lipinski definition) is 3. The van der Waals surface area contributed by atoms with Crippen molar-refractivity contribution < 1.29 is 8.42 Å². The summed E-state index contributed by atoms with van der Waals surface area (Å²) in [5.74, 6) is -0.129. The molecule has 1 atom stereocenters. The largest absolute Gasteiger partial charge is 0.386 e. The Morgan fingerprint density at radius 2 is 2.00 bits per heavy atom. The summed E-state index contributed by atoms with van der Waals surface area (Å²) in [5.41, 5.74) is 5.29. The molecule has 0 aliphatic rings. The Morgan fingerprint density at radius 3 is 2.29 bits per heavy atom. The van der Waals surface area contributed by atoms with E-state index in [2.05, 4.69) is 4.72 Å². The van der Waals surface area contributed by atoms with Gasteiger partial charge in [-0.05, 0) is 20.3 Å². The van der Waals surface area contributed by atoms with Crippen LogP contribution in [0.4, 0.5) is 0 Å². The van der Waals surface area contributed by atoms with Gasteiger partial charge < -0.3 is 5.73 Å². The van der Waals surface area contributed by atoms with Gasteiger partial charge in [-0.3, -0.25) is 5.41 Å². The smallest absolute Gasteiger partial charge is 0.214 e. The van der Waals surface area contributed by atoms with Crippen LogP contribution in [0.1, 0.15) is 33.6 Å². The molecule has 0 radical (unpaired) electrons. The van der Waals surface area contributed by atoms with E-state index in [1.54, 1.807) is 13.8 Å². The Morgan fingerprint density at radius 1 is 1.50 bits per heavy atom. The lowest BCUT2D eigenvalue weighted by Crippen LogP contribution is -2.46. The Kier molecular flexibility index (Phi) is 5.07. The molecule has 1 unspecified atom stereocenters. The topological polar surface area (TPSA) is 96.0 Å². The fourth-order valence-corrected chi connectivity index (χ4v) is 1.81. The van der Waals surface area contributed by atoms with E-state index < -0.39 is 21.3 Å². The minimum Gasteiger partial charge on any atom is -0.386 e. The molecule has 0 saturated heterocycles. The summed E-state index contributed by atoms with van der Waals surface area (Å²) >= 11 is 0. The molecule has 0 spiro atoms. The highest BCUT2D eigenvalue weighted by Crippen LogP contribution is 2.02. The van der Waals surface area contributed by atoms with Gasteiger partial charge in [0, 0.05) is 0 Å². The highest BCUT2D eigenvalue weighted by molar-refractivity contribution is 7.90. The van der Waals surface area contributed by atoms with Crippen LogP contribution in [-0.4, -0.2) is 25.5 Å². The molecular formula is C8H19N3O2S. The molecule has 0 aliphatic heterocycles. The zero-order chi connectivity index (χ0) is 11.4. The lowest BCUT2D eigenvalue weighted by Gasteiger charge is -2.18. The molecule has 0 fully saturated rings. The van der Waals surface area contributed by atoms with Crippen LogP contribution in [0.15, 0.2) is 0 Å². The van der Waals surface area contributed by atoms with Crippen molar-refractivity contribution in [3.05, 3.63) is 0 Å². The first-order valence-corrected chi connectivity index (χ1v) is 6.21. The zero-order valence-corrected chi connectivity index (χ0v) is 9.69. The van der Waals surface area contributed by atoms with Crippen LogP contribution in [0.25, 0.3) is 0 Å². The predicted octanol–water partition coefficient (Wildman–Crippen LogP) is 0.419. The van der Waals surface area contributed by atoms with Gasteiger partial charge in [-0.2, -0.15) is 0 Å². The molecule has 6 heteroatoms. The van der Waals surface area contributed by atoms with Crippen LogP contribution in [-0.2, 0) is 10.0 Å². The van der Waals surface area contributed by atoms with E-state index >= 15 is 0 Å². The molecule has 0 aromatic heterocycles. The van der Waals surface area contributed by atoms with Crippen molar-refractivity contribution in [3.63, 3.8) is 0 Å². The van der Waals surface area contributed by atoms with Crippen molar-refractivity contribution in [1.29, 1.82) is 5.41 Å². The highest BCUT2D eigenvalue weighted by atomic mass is 32.2. The summed E-state index contributed by atoms with van der Waals surface area (Å²) in [6.45, 7) is 5.09. The molecule has 0 saturated carbocycles. The Hall–Kier alpha value is -0.620. The summed E-state index contributed by atoms with van der Waals surface area (Å²) in [6.07, 6.45) is 1.34. The molecule has 0 aromatic carbocycles. The lowest BCUT2D eigenvalue weighted by atomic mass is 10.2. The van der Waals surface area contributed by atoms with Crippen molar-refractivity contribution >= 4 is 15.9 Å². The average Bonchev–Trinajstić information content (AvgIpc) is 2.02. The standard InChI is InChI=1S/C8H19N3O2S/c1-4-5-7(8(9)10)11-14(12,13)6(2)3/h6-7,11H,4-5H2,1-3H3,(H3,9,10). The minimum atomic E-state index is -3.34. The molecular weight excluding hydrogens is 202 g/mol. The van der Waals surface area contributed by atoms with Crippen LogP contribution < -0.4 is 10.5 Å². The SMILES string of the molecule is CCCC(NS(=O)(=O)C(C)C)C(=N)N. The molecule has 0 aromatic rings. The van der Waals surface area contributed by atoms with Crippen LogP contribution in [0, 0.1) is 5.41 Å². The molecule has 84 valence electrons. The van der Waals surface area contributed by atoms with E-state index in [0.717, 1.165) is 6.42 Å². The molecule has 4 N–H and O–H groups in total. The van der Waals surface area contributed by atoms with E-state index in [1.807, 2.05) is 6.92 Å². The molecule has 0 bridgehead atoms. The fraction of sp³-hybridized carbons (Fsp3) is 0.875. The quantitative estimate of drug-likeness (QED) is 0.448. The summed E-state index contributed by atoms with van der Waals surface area (Å²) in [4.78, 5) is 0. The third-order valence-electron chi connectivity index (χ3n) is 1.88. The van der Waals surface area contributed by atoms with Crippen LogP contribution >= 0.6 is 0 Å². The first-order chi connectivity index (χ1) is 6.31. The number of nitrogens with one attached hydrogen (secondary N) is 2. The van der Waals surface area contributed by atoms with Gasteiger partial charge in [0.05, 0.1) is 11.3 Å². The zero-order valence-electron chi connectivity index (χ0n) is 8.87. The van der Waals surface area contributed by atoms with Gasteiger partial charge in [0.15, 0.2) is 0 Å². The average molecular weight is 221 g/mol. The van der Waals surface area contributed by atoms with Crippen molar-refractivity contribution in [2.24, 2.45) is 5.73 Å². The number of hydrogen-bond donors (Lipinski definition) is 3. The van der Waals surface area contributed by atoms with Gasteiger partial charge in [-0.25, -0.2) is 13.1 Å². The highest BCUT2D eigenvalue weighted by Gasteiger charge is 2.22. The van der Waals surface area contributed by atoms with E-state index in [9.17, 15) is 8.42 Å². The summed E-state index contributed by atoms with van der Waals surface area (Å²) in [7, 11) is -3.34. The van der Waals surface area contributed by atoms with E-state index in [-0.39, 0.29) is 5.84 Å². The first kappa shape index (κ1) is 13.4. The molecule has 5 nitrogen and oxygen atoms in total. The molecule has 0 aliphatic carbocycles. The second-order valence-electron chi connectivity index (χ2n) is 3.51. The third-order valence-corrected chi connectivity index (χ3v) is 3.73. The van der Waals surface area contributed by atoms with Gasteiger partial charge in [0.25, 0.3) is 0 Å². The Bertz CT molecular complexity index is 285. The number of sulfonamides is 1. The van der Waals surface area contributed by atoms with Crippen molar-refractivity contribution in [2.75, 3.05) is 0 Å². The van der Waals surface area contributed by atoms with Crippen molar-refractivity contribution in [3.8, 4) is 0 Å². The lowest BCUT2D eigenvalue weighted by molar-refractivity contribution is 0.557. The Balaban J connectivity index is 4.53. The molecule has 14 heavy (non-hydrogen) atoms. The van der Waals surface area contributed by atoms with Crippen molar-refractivity contribution in [2.45, 2.75) is 44.9 Å². The van der Waals surface area contributed by atoms with Gasteiger partial charge >= 0.3 is 0 Å². The van der Waals surface area contributed by atoms with Gasteiger partial charge in [0.2, 0.25) is 10.0 Å². The maximum Gasteiger partial charge on any atom is 0.214 e. The van der Waals surface area contributed by atoms with E-state index in [0.29, 0.717) is 6.42 Å². The third kappa shape index (κ3) is 4.06. The normalized spacial score (nSPS) is 14.3. The van der Waals surface area contributed by atoms with E-state index in [1.165, 1.54) is 0 Å². The molecule has 0 rings (SSSR count). The number of amidine groups is 1. The maximum absolute atomic E-state index is 11.5. The van der Waals surface area contributed by atoms with Crippen LogP contribution in [0.3, 0.4) is 0 Å². The van der Waals surface area contributed by atoms with Crippen LogP contribution in [0.2, 0.25) is 0 Å². The van der Waals surface area contributed by atoms with Crippen LogP contribution in [0.5, 0.6) is 0 Å². The molecule has 0 heterocycles. The first-order valence-electron chi connectivity index (χ1n) is 4.66. The summed E-state index contributed by atoms with van der Waals surface area (Å²) < 4.78 is 25.3. The number of nitrogens with two attached hydrogens (primary N) is 1. The summed E-state index contributed by atoms with van der Waals surface area (Å²) in [5, 5.41) is 6.73. The second-order valence-corrected chi connectivity index (χ2v) is 5.78. The van der Waals surface area contributed by atoms with E-state index in [4.69, 9.17) is 11.1 Å². The number of rotatable bonds is 6. The van der Waals surface area contributed by atoms with Gasteiger partial charge in [-0.1, -0.05) is 13.3 Å².